The lowest BCUT2D eigenvalue weighted by Gasteiger charge is -2.43. The largest absolute Gasteiger partial charge is 0.378 e. The first-order valence-corrected chi connectivity index (χ1v) is 16.6. The van der Waals surface area contributed by atoms with Gasteiger partial charge >= 0.3 is 5.91 Å². The summed E-state index contributed by atoms with van der Waals surface area (Å²) in [6, 6.07) is 5.32. The quantitative estimate of drug-likeness (QED) is 0.165. The van der Waals surface area contributed by atoms with Gasteiger partial charge in [-0.25, -0.2) is 38.6 Å². The molecule has 3 aliphatic rings. The number of piperidine rings is 1. The molecule has 0 aromatic carbocycles. The smallest absolute Gasteiger partial charge is 0.308 e. The standard InChI is InChI=1S/C27H34N10O5S2/c1-28-21-4-3-19(17-29-21)24-33-20-15-22(43-23(20)25(34-24)36-11-13-42-14-12-36)44(40,41)32-16-18-5-9-37(10-6-18)27(26(38)35-39)30-7-2-8-31-27/h2-4,7-8,15,17-18,30,32,39H,5-6,9-14,16H2,1H3,(H,28,29)(H,35,38). The SMILES string of the molecule is CNc1ccc(-c2nc(N3CCOCC3)c3sc(S(=O)(=O)NCC4CCN(C5(C(=O)NO)N=CC=CN5)CC4)cc3n2)cn1. The number of ether oxygens (including phenoxy) is 1. The third-order valence-electron chi connectivity index (χ3n) is 7.97. The van der Waals surface area contributed by atoms with Gasteiger partial charge in [-0.3, -0.25) is 14.9 Å². The van der Waals surface area contributed by atoms with Crippen molar-refractivity contribution in [2.45, 2.75) is 22.8 Å². The molecule has 234 valence electrons. The molecule has 6 heterocycles. The summed E-state index contributed by atoms with van der Waals surface area (Å²) in [5.41, 5.74) is 2.97. The Morgan fingerprint density at radius 3 is 2.66 bits per heavy atom. The van der Waals surface area contributed by atoms with Crippen molar-refractivity contribution in [2.75, 3.05) is 63.2 Å². The lowest BCUT2D eigenvalue weighted by Crippen LogP contribution is -2.66. The molecular formula is C27H34N10O5S2. The highest BCUT2D eigenvalue weighted by atomic mass is 32.2. The minimum Gasteiger partial charge on any atom is -0.378 e. The van der Waals surface area contributed by atoms with E-state index < -0.39 is 21.7 Å². The summed E-state index contributed by atoms with van der Waals surface area (Å²) < 4.78 is 36.2. The van der Waals surface area contributed by atoms with Crippen LogP contribution in [0.3, 0.4) is 0 Å². The van der Waals surface area contributed by atoms with E-state index in [1.807, 2.05) is 17.0 Å². The number of hydrogen-bond donors (Lipinski definition) is 5. The van der Waals surface area contributed by atoms with Crippen LogP contribution in [0.25, 0.3) is 21.6 Å². The summed E-state index contributed by atoms with van der Waals surface area (Å²) in [7, 11) is -2.04. The van der Waals surface area contributed by atoms with Crippen LogP contribution >= 0.6 is 11.3 Å². The van der Waals surface area contributed by atoms with E-state index >= 15 is 0 Å². The molecule has 0 aliphatic carbocycles. The Morgan fingerprint density at radius 2 is 2.00 bits per heavy atom. The molecular weight excluding hydrogens is 608 g/mol. The molecule has 44 heavy (non-hydrogen) atoms. The van der Waals surface area contributed by atoms with Crippen molar-refractivity contribution in [3.63, 3.8) is 0 Å². The predicted octanol–water partition coefficient (Wildman–Crippen LogP) is 0.969. The van der Waals surface area contributed by atoms with E-state index in [4.69, 9.17) is 14.7 Å². The Kier molecular flexibility index (Phi) is 8.75. The molecule has 0 saturated carbocycles. The molecule has 3 aliphatic heterocycles. The maximum absolute atomic E-state index is 13.5. The predicted molar refractivity (Wildman–Crippen MR) is 166 cm³/mol. The van der Waals surface area contributed by atoms with Gasteiger partial charge in [-0.05, 0) is 43.0 Å². The minimum atomic E-state index is -3.84. The second kappa shape index (κ2) is 12.7. The van der Waals surface area contributed by atoms with Crippen LogP contribution in [0.4, 0.5) is 11.6 Å². The van der Waals surface area contributed by atoms with Crippen LogP contribution in [-0.2, 0) is 19.6 Å². The van der Waals surface area contributed by atoms with Gasteiger partial charge in [-0.15, -0.1) is 11.3 Å². The number of aromatic nitrogens is 3. The van der Waals surface area contributed by atoms with Gasteiger partial charge in [-0.1, -0.05) is 0 Å². The van der Waals surface area contributed by atoms with Crippen LogP contribution in [0.1, 0.15) is 12.8 Å². The number of amides is 1. The van der Waals surface area contributed by atoms with Crippen LogP contribution in [0.15, 0.2) is 45.9 Å². The molecule has 0 radical (unpaired) electrons. The van der Waals surface area contributed by atoms with Crippen LogP contribution < -0.4 is 25.7 Å². The van der Waals surface area contributed by atoms with Crippen molar-refractivity contribution in [3.05, 3.63) is 36.7 Å². The van der Waals surface area contributed by atoms with E-state index in [0.29, 0.717) is 74.1 Å². The van der Waals surface area contributed by atoms with Crippen molar-refractivity contribution in [1.29, 1.82) is 0 Å². The van der Waals surface area contributed by atoms with Gasteiger partial charge in [0.15, 0.2) is 11.6 Å². The molecule has 2 fully saturated rings. The number of nitrogens with zero attached hydrogens (tertiary/aromatic N) is 6. The first-order valence-electron chi connectivity index (χ1n) is 14.3. The summed E-state index contributed by atoms with van der Waals surface area (Å²) in [4.78, 5) is 34.7. The third kappa shape index (κ3) is 5.98. The zero-order chi connectivity index (χ0) is 30.7. The van der Waals surface area contributed by atoms with Crippen molar-refractivity contribution >= 4 is 55.3 Å². The fourth-order valence-corrected chi connectivity index (χ4v) is 8.07. The highest BCUT2D eigenvalue weighted by Crippen LogP contribution is 2.36. The van der Waals surface area contributed by atoms with Crippen LogP contribution in [0, 0.1) is 5.92 Å². The van der Waals surface area contributed by atoms with E-state index in [1.54, 1.807) is 37.1 Å². The molecule has 6 rings (SSSR count). The summed E-state index contributed by atoms with van der Waals surface area (Å²) >= 11 is 1.15. The van der Waals surface area contributed by atoms with Gasteiger partial charge in [0, 0.05) is 63.9 Å². The Labute approximate surface area is 258 Å². The van der Waals surface area contributed by atoms with Gasteiger partial charge in [0.05, 0.1) is 23.4 Å². The van der Waals surface area contributed by atoms with Crippen molar-refractivity contribution < 1.29 is 23.2 Å². The Morgan fingerprint density at radius 1 is 1.20 bits per heavy atom. The highest BCUT2D eigenvalue weighted by Gasteiger charge is 2.45. The maximum Gasteiger partial charge on any atom is 0.308 e. The van der Waals surface area contributed by atoms with Crippen molar-refractivity contribution in [3.8, 4) is 11.4 Å². The van der Waals surface area contributed by atoms with E-state index in [-0.39, 0.29) is 16.7 Å². The lowest BCUT2D eigenvalue weighted by molar-refractivity contribution is -0.145. The molecule has 0 bridgehead atoms. The average molecular weight is 643 g/mol. The number of nitrogens with one attached hydrogen (secondary N) is 4. The number of aliphatic imine (C=N–C) groups is 1. The van der Waals surface area contributed by atoms with E-state index in [9.17, 15) is 18.4 Å². The first-order chi connectivity index (χ1) is 21.3. The molecule has 5 N–H and O–H groups in total. The van der Waals surface area contributed by atoms with Crippen LogP contribution in [0.5, 0.6) is 0 Å². The third-order valence-corrected chi connectivity index (χ3v) is 11.0. The minimum absolute atomic E-state index is 0.0520. The second-order valence-corrected chi connectivity index (χ2v) is 13.7. The van der Waals surface area contributed by atoms with Gasteiger partial charge in [-0.2, -0.15) is 0 Å². The van der Waals surface area contributed by atoms with Gasteiger partial charge in [0.1, 0.15) is 10.0 Å². The number of pyridine rings is 1. The van der Waals surface area contributed by atoms with Gasteiger partial charge < -0.3 is 20.3 Å². The van der Waals surface area contributed by atoms with Crippen molar-refractivity contribution in [1.82, 2.24) is 35.4 Å². The van der Waals surface area contributed by atoms with E-state index in [2.05, 4.69) is 30.2 Å². The fourth-order valence-electron chi connectivity index (χ4n) is 5.49. The number of likely N-dealkylation sites (tertiary alicyclic amines) is 1. The topological polar surface area (TPSA) is 186 Å². The molecule has 1 atom stereocenters. The summed E-state index contributed by atoms with van der Waals surface area (Å²) in [5.74, 6) is -0.203. The molecule has 0 spiro atoms. The number of carbonyl (C=O) groups excluding carboxylic acids is 1. The number of morpholine rings is 1. The summed E-state index contributed by atoms with van der Waals surface area (Å²) in [6.45, 7) is 3.59. The molecule has 17 heteroatoms. The number of fused-ring (bicyclic) bond motifs is 1. The number of sulfonamides is 1. The van der Waals surface area contributed by atoms with Crippen molar-refractivity contribution in [2.24, 2.45) is 10.9 Å². The number of thiophene rings is 1. The van der Waals surface area contributed by atoms with Crippen LogP contribution in [0.2, 0.25) is 0 Å². The molecule has 3 aromatic rings. The van der Waals surface area contributed by atoms with Gasteiger partial charge in [0.2, 0.25) is 10.0 Å². The zero-order valence-electron chi connectivity index (χ0n) is 24.1. The monoisotopic (exact) mass is 642 g/mol. The number of carbonyl (C=O) groups is 1. The molecule has 3 aromatic heterocycles. The second-order valence-electron chi connectivity index (χ2n) is 10.6. The molecule has 1 unspecified atom stereocenters. The Hall–Kier alpha value is -3.74. The number of hydrogen-bond acceptors (Lipinski definition) is 14. The summed E-state index contributed by atoms with van der Waals surface area (Å²) in [6.07, 6.45) is 7.72. The molecule has 2 saturated heterocycles. The number of allylic oxidation sites excluding steroid dienone is 1. The first kappa shape index (κ1) is 30.3. The van der Waals surface area contributed by atoms with E-state index in [1.165, 1.54) is 6.21 Å². The highest BCUT2D eigenvalue weighted by molar-refractivity contribution is 7.91. The normalized spacial score (nSPS) is 21.4. The molecule has 1 amide bonds. The molecule has 15 nitrogen and oxygen atoms in total. The van der Waals surface area contributed by atoms with E-state index in [0.717, 1.165) is 22.7 Å². The lowest BCUT2D eigenvalue weighted by atomic mass is 9.96. The zero-order valence-corrected chi connectivity index (χ0v) is 25.7. The number of hydroxylamine groups is 1. The summed E-state index contributed by atoms with van der Waals surface area (Å²) in [5, 5.41) is 15.2. The fraction of sp³-hybridized carbons (Fsp3) is 0.444. The Balaban J connectivity index is 1.19. The average Bonchev–Trinajstić information content (AvgIpc) is 3.53. The van der Waals surface area contributed by atoms with Crippen LogP contribution in [-0.4, -0.2) is 104 Å². The Bertz CT molecular complexity index is 1670. The maximum atomic E-state index is 13.5. The number of anilines is 2. The van der Waals surface area contributed by atoms with Gasteiger partial charge in [0.25, 0.3) is 5.79 Å². The number of rotatable bonds is 9.